The summed E-state index contributed by atoms with van der Waals surface area (Å²) in [5.74, 6) is 0. The number of rotatable bonds is 6. The molecule has 2 rings (SSSR count). The van der Waals surface area contributed by atoms with E-state index in [4.69, 9.17) is 14.2 Å². The summed E-state index contributed by atoms with van der Waals surface area (Å²) in [4.78, 5) is 2.42. The number of nitrogens with zero attached hydrogens (tertiary/aromatic N) is 1. The van der Waals surface area contributed by atoms with Gasteiger partial charge in [-0.1, -0.05) is 24.3 Å². The molecule has 1 aliphatic rings. The molecule has 100 valence electrons. The van der Waals surface area contributed by atoms with Crippen molar-refractivity contribution >= 4 is 0 Å². The van der Waals surface area contributed by atoms with Crippen molar-refractivity contribution in [2.75, 3.05) is 40.2 Å². The van der Waals surface area contributed by atoms with Gasteiger partial charge in [-0.15, -0.1) is 0 Å². The van der Waals surface area contributed by atoms with E-state index in [1.54, 1.807) is 7.11 Å². The number of ether oxygens (including phenoxy) is 3. The van der Waals surface area contributed by atoms with Gasteiger partial charge in [-0.2, -0.15) is 0 Å². The van der Waals surface area contributed by atoms with Gasteiger partial charge in [-0.3, -0.25) is 4.90 Å². The molecule has 1 aromatic rings. The van der Waals surface area contributed by atoms with Crippen LogP contribution in [0.1, 0.15) is 11.1 Å². The normalized spacial score (nSPS) is 16.9. The summed E-state index contributed by atoms with van der Waals surface area (Å²) in [6.45, 7) is 5.70. The van der Waals surface area contributed by atoms with Crippen LogP contribution in [0.25, 0.3) is 0 Å². The Kier molecular flexibility index (Phi) is 5.61. The SMILES string of the molecule is COCOCc1ccc(CN2CCOCC2)cc1. The number of hydrogen-bond acceptors (Lipinski definition) is 4. The highest BCUT2D eigenvalue weighted by molar-refractivity contribution is 5.22. The molecule has 0 N–H and O–H groups in total. The zero-order valence-corrected chi connectivity index (χ0v) is 10.9. The van der Waals surface area contributed by atoms with Gasteiger partial charge in [-0.25, -0.2) is 0 Å². The highest BCUT2D eigenvalue weighted by Crippen LogP contribution is 2.09. The molecule has 4 nitrogen and oxygen atoms in total. The molecule has 0 atom stereocenters. The molecular formula is C14H21NO3. The first kappa shape index (κ1) is 13.5. The van der Waals surface area contributed by atoms with E-state index in [1.165, 1.54) is 11.1 Å². The molecule has 0 saturated carbocycles. The van der Waals surface area contributed by atoms with E-state index in [9.17, 15) is 0 Å². The second-order valence-corrected chi connectivity index (χ2v) is 4.46. The monoisotopic (exact) mass is 251 g/mol. The van der Waals surface area contributed by atoms with Crippen molar-refractivity contribution in [1.29, 1.82) is 0 Å². The molecule has 4 heteroatoms. The van der Waals surface area contributed by atoms with Crippen LogP contribution in [0.15, 0.2) is 24.3 Å². The summed E-state index contributed by atoms with van der Waals surface area (Å²) in [6.07, 6.45) is 0. The maximum Gasteiger partial charge on any atom is 0.146 e. The molecule has 0 aromatic heterocycles. The Morgan fingerprint density at radius 3 is 2.44 bits per heavy atom. The van der Waals surface area contributed by atoms with Gasteiger partial charge < -0.3 is 14.2 Å². The average Bonchev–Trinajstić information content (AvgIpc) is 2.42. The van der Waals surface area contributed by atoms with E-state index in [2.05, 4.69) is 29.2 Å². The van der Waals surface area contributed by atoms with Crippen LogP contribution in [0.4, 0.5) is 0 Å². The lowest BCUT2D eigenvalue weighted by Gasteiger charge is -2.26. The van der Waals surface area contributed by atoms with E-state index in [0.717, 1.165) is 32.8 Å². The molecule has 0 spiro atoms. The summed E-state index contributed by atoms with van der Waals surface area (Å²) < 4.78 is 15.5. The van der Waals surface area contributed by atoms with Gasteiger partial charge in [-0.05, 0) is 11.1 Å². The lowest BCUT2D eigenvalue weighted by molar-refractivity contribution is -0.0390. The van der Waals surface area contributed by atoms with Crippen molar-refractivity contribution in [3.05, 3.63) is 35.4 Å². The van der Waals surface area contributed by atoms with Crippen LogP contribution in [0.3, 0.4) is 0 Å². The topological polar surface area (TPSA) is 30.9 Å². The van der Waals surface area contributed by atoms with Crippen LogP contribution < -0.4 is 0 Å². The van der Waals surface area contributed by atoms with Gasteiger partial charge in [0, 0.05) is 26.7 Å². The van der Waals surface area contributed by atoms with Crippen LogP contribution in [-0.4, -0.2) is 45.1 Å². The molecular weight excluding hydrogens is 230 g/mol. The average molecular weight is 251 g/mol. The molecule has 0 radical (unpaired) electrons. The first-order valence-electron chi connectivity index (χ1n) is 6.33. The highest BCUT2D eigenvalue weighted by Gasteiger charge is 2.10. The summed E-state index contributed by atoms with van der Waals surface area (Å²) in [5, 5.41) is 0. The Morgan fingerprint density at radius 1 is 1.11 bits per heavy atom. The quantitative estimate of drug-likeness (QED) is 0.568. The molecule has 0 amide bonds. The fourth-order valence-electron chi connectivity index (χ4n) is 2.00. The maximum absolute atomic E-state index is 5.34. The summed E-state index contributed by atoms with van der Waals surface area (Å²) in [5.41, 5.74) is 2.52. The molecule has 1 aromatic carbocycles. The summed E-state index contributed by atoms with van der Waals surface area (Å²) in [6, 6.07) is 8.57. The molecule has 0 bridgehead atoms. The van der Waals surface area contributed by atoms with Gasteiger partial charge in [0.25, 0.3) is 0 Å². The van der Waals surface area contributed by atoms with Gasteiger partial charge in [0.15, 0.2) is 0 Å². The minimum Gasteiger partial charge on any atom is -0.379 e. The largest absolute Gasteiger partial charge is 0.379 e. The van der Waals surface area contributed by atoms with Crippen molar-refractivity contribution in [1.82, 2.24) is 4.90 Å². The fraction of sp³-hybridized carbons (Fsp3) is 0.571. The van der Waals surface area contributed by atoms with Gasteiger partial charge in [0.2, 0.25) is 0 Å². The van der Waals surface area contributed by atoms with Crippen LogP contribution in [0.5, 0.6) is 0 Å². The zero-order valence-electron chi connectivity index (χ0n) is 10.9. The smallest absolute Gasteiger partial charge is 0.146 e. The van der Waals surface area contributed by atoms with Gasteiger partial charge >= 0.3 is 0 Å². The second kappa shape index (κ2) is 7.48. The van der Waals surface area contributed by atoms with Crippen molar-refractivity contribution in [3.8, 4) is 0 Å². The van der Waals surface area contributed by atoms with Crippen LogP contribution >= 0.6 is 0 Å². The van der Waals surface area contributed by atoms with E-state index >= 15 is 0 Å². The predicted octanol–water partition coefficient (Wildman–Crippen LogP) is 1.64. The number of benzene rings is 1. The molecule has 0 aliphatic carbocycles. The number of methoxy groups -OCH3 is 1. The Bertz CT molecular complexity index is 333. The standard InChI is InChI=1S/C14H21NO3/c1-16-12-18-11-14-4-2-13(3-5-14)10-15-6-8-17-9-7-15/h2-5H,6-12H2,1H3. The molecule has 1 saturated heterocycles. The van der Waals surface area contributed by atoms with E-state index in [-0.39, 0.29) is 0 Å². The van der Waals surface area contributed by atoms with Crippen molar-refractivity contribution < 1.29 is 14.2 Å². The molecule has 1 fully saturated rings. The molecule has 18 heavy (non-hydrogen) atoms. The van der Waals surface area contributed by atoms with Crippen molar-refractivity contribution in [2.45, 2.75) is 13.2 Å². The predicted molar refractivity (Wildman–Crippen MR) is 69.2 cm³/mol. The first-order chi connectivity index (χ1) is 8.88. The van der Waals surface area contributed by atoms with Gasteiger partial charge in [0.05, 0.1) is 19.8 Å². The third kappa shape index (κ3) is 4.38. The zero-order chi connectivity index (χ0) is 12.6. The highest BCUT2D eigenvalue weighted by atomic mass is 16.7. The van der Waals surface area contributed by atoms with Crippen molar-refractivity contribution in [2.24, 2.45) is 0 Å². The lowest BCUT2D eigenvalue weighted by Crippen LogP contribution is -2.35. The molecule has 1 aliphatic heterocycles. The Labute approximate surface area is 108 Å². The van der Waals surface area contributed by atoms with Crippen molar-refractivity contribution in [3.63, 3.8) is 0 Å². The Hall–Kier alpha value is -0.940. The van der Waals surface area contributed by atoms with Crippen LogP contribution in [0.2, 0.25) is 0 Å². The third-order valence-electron chi connectivity index (χ3n) is 3.00. The molecule has 1 heterocycles. The maximum atomic E-state index is 5.34. The minimum absolute atomic E-state index is 0.343. The Balaban J connectivity index is 1.79. The van der Waals surface area contributed by atoms with E-state index < -0.39 is 0 Å². The van der Waals surface area contributed by atoms with Crippen LogP contribution in [-0.2, 0) is 27.4 Å². The first-order valence-corrected chi connectivity index (χ1v) is 6.33. The second-order valence-electron chi connectivity index (χ2n) is 4.46. The number of morpholine rings is 1. The van der Waals surface area contributed by atoms with Crippen LogP contribution in [0, 0.1) is 0 Å². The van der Waals surface area contributed by atoms with Gasteiger partial charge in [0.1, 0.15) is 6.79 Å². The van der Waals surface area contributed by atoms with E-state index in [1.807, 2.05) is 0 Å². The lowest BCUT2D eigenvalue weighted by atomic mass is 10.1. The minimum atomic E-state index is 0.343. The summed E-state index contributed by atoms with van der Waals surface area (Å²) in [7, 11) is 1.63. The Morgan fingerprint density at radius 2 is 1.78 bits per heavy atom. The fourth-order valence-corrected chi connectivity index (χ4v) is 2.00. The molecule has 0 unspecified atom stereocenters. The third-order valence-corrected chi connectivity index (χ3v) is 3.00. The summed E-state index contributed by atoms with van der Waals surface area (Å²) >= 11 is 0. The van der Waals surface area contributed by atoms with E-state index in [0.29, 0.717) is 13.4 Å². The number of hydrogen-bond donors (Lipinski definition) is 0.